The fourth-order valence-electron chi connectivity index (χ4n) is 1.85. The third-order valence-corrected chi connectivity index (χ3v) is 2.77. The molecule has 0 fully saturated rings. The molecule has 1 aromatic heterocycles. The Morgan fingerprint density at radius 3 is 2.56 bits per heavy atom. The number of benzene rings is 1. The maximum atomic E-state index is 13.5. The molecule has 2 rings (SSSR count). The van der Waals surface area contributed by atoms with Gasteiger partial charge in [0.15, 0.2) is 0 Å². The van der Waals surface area contributed by atoms with Crippen molar-refractivity contribution in [3.63, 3.8) is 0 Å². The van der Waals surface area contributed by atoms with Crippen molar-refractivity contribution >= 4 is 0 Å². The molecule has 0 atom stereocenters. The molecule has 0 saturated carbocycles. The molecule has 0 saturated heterocycles. The van der Waals surface area contributed by atoms with Crippen LogP contribution in [-0.4, -0.2) is 14.8 Å². The molecular formula is C12H14F2N4. The van der Waals surface area contributed by atoms with Gasteiger partial charge >= 0.3 is 0 Å². The Labute approximate surface area is 103 Å². The fourth-order valence-corrected chi connectivity index (χ4v) is 1.85. The van der Waals surface area contributed by atoms with E-state index in [1.165, 1.54) is 12.1 Å². The monoisotopic (exact) mass is 252 g/mol. The summed E-state index contributed by atoms with van der Waals surface area (Å²) in [6, 6.07) is 3.52. The van der Waals surface area contributed by atoms with Crippen molar-refractivity contribution in [3.8, 4) is 0 Å². The molecule has 0 bridgehead atoms. The molecule has 0 aliphatic rings. The first-order valence-electron chi connectivity index (χ1n) is 5.70. The normalized spacial score (nSPS) is 10.9. The molecule has 4 nitrogen and oxygen atoms in total. The molecular weight excluding hydrogens is 238 g/mol. The molecule has 96 valence electrons. The van der Waals surface area contributed by atoms with Crippen LogP contribution in [0.15, 0.2) is 18.2 Å². The van der Waals surface area contributed by atoms with Crippen LogP contribution in [0.1, 0.15) is 24.1 Å². The van der Waals surface area contributed by atoms with Gasteiger partial charge in [-0.05, 0) is 18.6 Å². The van der Waals surface area contributed by atoms with Crippen molar-refractivity contribution in [2.24, 2.45) is 5.73 Å². The lowest BCUT2D eigenvalue weighted by Crippen LogP contribution is -2.10. The standard InChI is InChI=1S/C12H14F2N4/c1-2-18-11(16-17-12(18)7-15)5-8-3-4-9(13)6-10(8)14/h3-4,6H,2,5,7,15H2,1H3. The molecule has 0 spiro atoms. The lowest BCUT2D eigenvalue weighted by atomic mass is 10.1. The van der Waals surface area contributed by atoms with E-state index in [1.54, 1.807) is 0 Å². The summed E-state index contributed by atoms with van der Waals surface area (Å²) in [6.45, 7) is 2.89. The van der Waals surface area contributed by atoms with Crippen molar-refractivity contribution in [2.75, 3.05) is 0 Å². The van der Waals surface area contributed by atoms with Gasteiger partial charge in [-0.2, -0.15) is 0 Å². The van der Waals surface area contributed by atoms with Gasteiger partial charge in [-0.15, -0.1) is 10.2 Å². The van der Waals surface area contributed by atoms with E-state index in [2.05, 4.69) is 10.2 Å². The maximum Gasteiger partial charge on any atom is 0.146 e. The lowest BCUT2D eigenvalue weighted by molar-refractivity contribution is 0.571. The van der Waals surface area contributed by atoms with Crippen LogP contribution in [0.2, 0.25) is 0 Å². The van der Waals surface area contributed by atoms with Crippen LogP contribution in [0.25, 0.3) is 0 Å². The van der Waals surface area contributed by atoms with Crippen LogP contribution < -0.4 is 5.73 Å². The van der Waals surface area contributed by atoms with E-state index in [9.17, 15) is 8.78 Å². The minimum absolute atomic E-state index is 0.271. The first kappa shape index (κ1) is 12.6. The van der Waals surface area contributed by atoms with E-state index >= 15 is 0 Å². The average Bonchev–Trinajstić information content (AvgIpc) is 2.74. The topological polar surface area (TPSA) is 56.7 Å². The molecule has 0 aliphatic heterocycles. The molecule has 6 heteroatoms. The second-order valence-electron chi connectivity index (χ2n) is 3.89. The van der Waals surface area contributed by atoms with Gasteiger partial charge < -0.3 is 10.3 Å². The van der Waals surface area contributed by atoms with E-state index in [1.807, 2.05) is 11.5 Å². The Bertz CT molecular complexity index is 551. The largest absolute Gasteiger partial charge is 0.324 e. The zero-order valence-electron chi connectivity index (χ0n) is 10.0. The molecule has 2 N–H and O–H groups in total. The Hall–Kier alpha value is -1.82. The van der Waals surface area contributed by atoms with Gasteiger partial charge in [0.05, 0.1) is 6.54 Å². The molecule has 1 aromatic carbocycles. The van der Waals surface area contributed by atoms with Gasteiger partial charge in [-0.3, -0.25) is 0 Å². The van der Waals surface area contributed by atoms with Gasteiger partial charge in [0, 0.05) is 19.0 Å². The number of nitrogens with zero attached hydrogens (tertiary/aromatic N) is 3. The number of halogens is 2. The van der Waals surface area contributed by atoms with Crippen molar-refractivity contribution in [1.82, 2.24) is 14.8 Å². The number of rotatable bonds is 4. The van der Waals surface area contributed by atoms with Gasteiger partial charge in [0.1, 0.15) is 23.3 Å². The molecule has 1 heterocycles. The Kier molecular flexibility index (Phi) is 3.66. The predicted octanol–water partition coefficient (Wildman–Crippen LogP) is 1.63. The third kappa shape index (κ3) is 2.38. The van der Waals surface area contributed by atoms with Gasteiger partial charge in [0.2, 0.25) is 0 Å². The van der Waals surface area contributed by atoms with E-state index in [0.29, 0.717) is 23.8 Å². The van der Waals surface area contributed by atoms with Crippen molar-refractivity contribution in [1.29, 1.82) is 0 Å². The fraction of sp³-hybridized carbons (Fsp3) is 0.333. The SMILES string of the molecule is CCn1c(CN)nnc1Cc1ccc(F)cc1F. The van der Waals surface area contributed by atoms with Crippen LogP contribution in [0.5, 0.6) is 0 Å². The summed E-state index contributed by atoms with van der Waals surface area (Å²) in [5, 5.41) is 7.93. The highest BCUT2D eigenvalue weighted by atomic mass is 19.1. The number of aromatic nitrogens is 3. The van der Waals surface area contributed by atoms with E-state index in [-0.39, 0.29) is 13.0 Å². The summed E-state index contributed by atoms with van der Waals surface area (Å²) >= 11 is 0. The van der Waals surface area contributed by atoms with Crippen molar-refractivity contribution < 1.29 is 8.78 Å². The average molecular weight is 252 g/mol. The summed E-state index contributed by atoms with van der Waals surface area (Å²) in [5.41, 5.74) is 5.93. The smallest absolute Gasteiger partial charge is 0.146 e. The third-order valence-electron chi connectivity index (χ3n) is 2.77. The van der Waals surface area contributed by atoms with Crippen molar-refractivity contribution in [3.05, 3.63) is 47.0 Å². The number of hydrogen-bond donors (Lipinski definition) is 1. The zero-order valence-corrected chi connectivity index (χ0v) is 10.0. The lowest BCUT2D eigenvalue weighted by Gasteiger charge is -2.07. The molecule has 0 aliphatic carbocycles. The van der Waals surface area contributed by atoms with Crippen LogP contribution in [0.3, 0.4) is 0 Å². The van der Waals surface area contributed by atoms with E-state index in [0.717, 1.165) is 6.07 Å². The highest BCUT2D eigenvalue weighted by Crippen LogP contribution is 2.14. The molecule has 18 heavy (non-hydrogen) atoms. The summed E-state index contributed by atoms with van der Waals surface area (Å²) in [5.74, 6) is 0.129. The number of nitrogens with two attached hydrogens (primary N) is 1. The van der Waals surface area contributed by atoms with Gasteiger partial charge in [0.25, 0.3) is 0 Å². The minimum atomic E-state index is -0.587. The predicted molar refractivity (Wildman–Crippen MR) is 62.8 cm³/mol. The van der Waals surface area contributed by atoms with Crippen LogP contribution in [0, 0.1) is 11.6 Å². The summed E-state index contributed by atoms with van der Waals surface area (Å²) in [7, 11) is 0. The second kappa shape index (κ2) is 5.22. The number of hydrogen-bond acceptors (Lipinski definition) is 3. The van der Waals surface area contributed by atoms with E-state index < -0.39 is 11.6 Å². The van der Waals surface area contributed by atoms with Crippen LogP contribution in [0.4, 0.5) is 8.78 Å². The first-order chi connectivity index (χ1) is 8.65. The Morgan fingerprint density at radius 1 is 1.22 bits per heavy atom. The van der Waals surface area contributed by atoms with Gasteiger partial charge in [-0.1, -0.05) is 6.07 Å². The zero-order chi connectivity index (χ0) is 13.1. The highest BCUT2D eigenvalue weighted by Gasteiger charge is 2.12. The van der Waals surface area contributed by atoms with E-state index in [4.69, 9.17) is 5.73 Å². The Balaban J connectivity index is 2.31. The summed E-state index contributed by atoms with van der Waals surface area (Å²) in [4.78, 5) is 0. The molecule has 0 unspecified atom stereocenters. The molecule has 0 amide bonds. The highest BCUT2D eigenvalue weighted by molar-refractivity contribution is 5.22. The molecule has 0 radical (unpaired) electrons. The second-order valence-corrected chi connectivity index (χ2v) is 3.89. The van der Waals surface area contributed by atoms with Gasteiger partial charge in [-0.25, -0.2) is 8.78 Å². The quantitative estimate of drug-likeness (QED) is 0.899. The molecule has 2 aromatic rings. The van der Waals surface area contributed by atoms with Crippen LogP contribution >= 0.6 is 0 Å². The summed E-state index contributed by atoms with van der Waals surface area (Å²) in [6.07, 6.45) is 0.271. The summed E-state index contributed by atoms with van der Waals surface area (Å²) < 4.78 is 28.2. The van der Waals surface area contributed by atoms with Crippen LogP contribution in [-0.2, 0) is 19.5 Å². The minimum Gasteiger partial charge on any atom is -0.324 e. The maximum absolute atomic E-state index is 13.5. The first-order valence-corrected chi connectivity index (χ1v) is 5.70. The van der Waals surface area contributed by atoms with Crippen molar-refractivity contribution in [2.45, 2.75) is 26.4 Å². The Morgan fingerprint density at radius 2 is 1.94 bits per heavy atom.